The van der Waals surface area contributed by atoms with Crippen LogP contribution in [-0.4, -0.2) is 47.9 Å². The molecule has 0 aliphatic heterocycles. The van der Waals surface area contributed by atoms with E-state index in [-0.39, 0.29) is 18.7 Å². The fourth-order valence-electron chi connectivity index (χ4n) is 4.83. The van der Waals surface area contributed by atoms with Crippen LogP contribution in [0.3, 0.4) is 0 Å². The van der Waals surface area contributed by atoms with E-state index < -0.39 is 29.7 Å². The Balaban J connectivity index is 1.59. The quantitative estimate of drug-likeness (QED) is 0.187. The summed E-state index contributed by atoms with van der Waals surface area (Å²) in [7, 11) is 0. The van der Waals surface area contributed by atoms with Gasteiger partial charge in [0.15, 0.2) is 0 Å². The number of aliphatic hydroxyl groups is 1. The number of benzene rings is 3. The van der Waals surface area contributed by atoms with Gasteiger partial charge in [0.25, 0.3) is 5.91 Å². The van der Waals surface area contributed by atoms with Crippen LogP contribution in [0.15, 0.2) is 66.7 Å². The van der Waals surface area contributed by atoms with Crippen molar-refractivity contribution in [2.75, 3.05) is 19.8 Å². The van der Waals surface area contributed by atoms with Crippen LogP contribution in [0.2, 0.25) is 0 Å². The lowest BCUT2D eigenvalue weighted by Crippen LogP contribution is -2.48. The summed E-state index contributed by atoms with van der Waals surface area (Å²) in [5.41, 5.74) is 3.09. The minimum absolute atomic E-state index is 0.00925. The summed E-state index contributed by atoms with van der Waals surface area (Å²) in [5.74, 6) is -1.07. The lowest BCUT2D eigenvalue weighted by Gasteiger charge is -2.25. The van der Waals surface area contributed by atoms with E-state index in [0.717, 1.165) is 18.1 Å². The van der Waals surface area contributed by atoms with Crippen molar-refractivity contribution in [2.45, 2.75) is 52.3 Å². The first kappa shape index (κ1) is 30.9. The van der Waals surface area contributed by atoms with Crippen LogP contribution in [0, 0.1) is 11.6 Å². The fourth-order valence-corrected chi connectivity index (χ4v) is 4.83. The highest BCUT2D eigenvalue weighted by atomic mass is 19.1. The molecule has 0 radical (unpaired) electrons. The Labute approximate surface area is 244 Å². The Hall–Kier alpha value is -4.08. The Morgan fingerprint density at radius 3 is 2.29 bits per heavy atom. The Bertz CT molecular complexity index is 1490. The van der Waals surface area contributed by atoms with Gasteiger partial charge in [0.2, 0.25) is 0 Å². The molecule has 1 amide bonds. The molecule has 42 heavy (non-hydrogen) atoms. The summed E-state index contributed by atoms with van der Waals surface area (Å²) in [4.78, 5) is 18.1. The molecule has 0 bridgehead atoms. The van der Waals surface area contributed by atoms with Crippen LogP contribution in [0.4, 0.5) is 8.78 Å². The predicted octanol–water partition coefficient (Wildman–Crippen LogP) is 5.36. The molecular formula is C33H37F2N3O4. The lowest BCUT2D eigenvalue weighted by molar-refractivity contribution is 0.0825. The zero-order valence-electron chi connectivity index (χ0n) is 24.1. The molecule has 1 heterocycles. The monoisotopic (exact) mass is 577 g/mol. The number of aryl methyl sites for hydroxylation is 1. The van der Waals surface area contributed by atoms with Crippen molar-refractivity contribution < 1.29 is 28.2 Å². The first-order chi connectivity index (χ1) is 20.3. The molecule has 7 nitrogen and oxygen atoms in total. The number of nitrogens with one attached hydrogen (secondary N) is 2. The number of halogens is 2. The van der Waals surface area contributed by atoms with Gasteiger partial charge in [0.1, 0.15) is 34.3 Å². The van der Waals surface area contributed by atoms with Gasteiger partial charge in [0, 0.05) is 30.6 Å². The number of ether oxygens (including phenoxy) is 2. The van der Waals surface area contributed by atoms with Gasteiger partial charge in [-0.15, -0.1) is 0 Å². The van der Waals surface area contributed by atoms with Gasteiger partial charge in [-0.1, -0.05) is 37.3 Å². The molecule has 1 aromatic heterocycles. The molecule has 4 aromatic rings. The van der Waals surface area contributed by atoms with Crippen LogP contribution < -0.4 is 20.1 Å². The second-order valence-electron chi connectivity index (χ2n) is 9.96. The van der Waals surface area contributed by atoms with E-state index in [2.05, 4.69) is 34.7 Å². The average Bonchev–Trinajstić information content (AvgIpc) is 2.97. The van der Waals surface area contributed by atoms with Crippen molar-refractivity contribution in [2.24, 2.45) is 0 Å². The van der Waals surface area contributed by atoms with Gasteiger partial charge >= 0.3 is 0 Å². The molecule has 0 fully saturated rings. The molecule has 3 aromatic carbocycles. The van der Waals surface area contributed by atoms with E-state index >= 15 is 0 Å². The molecule has 0 spiro atoms. The van der Waals surface area contributed by atoms with Crippen molar-refractivity contribution >= 4 is 16.8 Å². The number of amides is 1. The molecular weight excluding hydrogens is 540 g/mol. The van der Waals surface area contributed by atoms with Crippen LogP contribution >= 0.6 is 0 Å². The first-order valence-corrected chi connectivity index (χ1v) is 14.2. The van der Waals surface area contributed by atoms with E-state index in [1.807, 2.05) is 38.1 Å². The smallest absolute Gasteiger partial charge is 0.270 e. The van der Waals surface area contributed by atoms with Crippen LogP contribution in [0.25, 0.3) is 10.9 Å². The Morgan fingerprint density at radius 1 is 0.881 bits per heavy atom. The first-order valence-electron chi connectivity index (χ1n) is 14.2. The number of hydrogen-bond acceptors (Lipinski definition) is 6. The molecule has 0 aliphatic rings. The topological polar surface area (TPSA) is 92.7 Å². The van der Waals surface area contributed by atoms with E-state index in [4.69, 9.17) is 9.47 Å². The second kappa shape index (κ2) is 14.7. The third-order valence-electron chi connectivity index (χ3n) is 6.84. The minimum atomic E-state index is -1.08. The van der Waals surface area contributed by atoms with Crippen LogP contribution in [-0.2, 0) is 19.4 Å². The minimum Gasteiger partial charge on any atom is -0.493 e. The van der Waals surface area contributed by atoms with Gasteiger partial charge < -0.3 is 25.2 Å². The third kappa shape index (κ3) is 8.02. The summed E-state index contributed by atoms with van der Waals surface area (Å²) in [6.07, 6.45) is -0.181. The zero-order chi connectivity index (χ0) is 30.1. The third-order valence-corrected chi connectivity index (χ3v) is 6.84. The van der Waals surface area contributed by atoms with Gasteiger partial charge in [-0.3, -0.25) is 4.79 Å². The standard InChI is InChI=1S/C33H37F2N3O4/c1-4-21-9-7-10-22(13-21)19-36-20-29(39)27(16-23-14-24(34)17-25(35)15-23)38-33(40)28-18-31(42-6-3)26-11-8-12-30(41-5-2)32(26)37-28/h7-15,17-18,27,29,36,39H,4-6,16,19-20H2,1-3H3,(H,38,40)/t27-,29-/m0/s1. The maximum absolute atomic E-state index is 14.0. The van der Waals surface area contributed by atoms with Gasteiger partial charge in [-0.25, -0.2) is 13.8 Å². The fraction of sp³-hybridized carbons (Fsp3) is 0.333. The molecule has 3 N–H and O–H groups in total. The number of carbonyl (C=O) groups excluding carboxylic acids is 1. The van der Waals surface area contributed by atoms with Gasteiger partial charge in [-0.2, -0.15) is 0 Å². The van der Waals surface area contributed by atoms with Crippen molar-refractivity contribution in [1.82, 2.24) is 15.6 Å². The molecule has 0 saturated carbocycles. The summed E-state index contributed by atoms with van der Waals surface area (Å²) >= 11 is 0. The number of carbonyl (C=O) groups is 1. The van der Waals surface area contributed by atoms with E-state index in [1.165, 1.54) is 17.7 Å². The zero-order valence-corrected chi connectivity index (χ0v) is 24.1. The highest BCUT2D eigenvalue weighted by Crippen LogP contribution is 2.32. The summed E-state index contributed by atoms with van der Waals surface area (Å²) in [6, 6.07) is 17.4. The molecule has 9 heteroatoms. The number of para-hydroxylation sites is 1. The highest BCUT2D eigenvalue weighted by Gasteiger charge is 2.25. The Kier molecular flexibility index (Phi) is 10.8. The van der Waals surface area contributed by atoms with Gasteiger partial charge in [0.05, 0.1) is 25.4 Å². The maximum Gasteiger partial charge on any atom is 0.270 e. The van der Waals surface area contributed by atoms with E-state index in [0.29, 0.717) is 47.7 Å². The second-order valence-corrected chi connectivity index (χ2v) is 9.96. The van der Waals surface area contributed by atoms with Crippen molar-refractivity contribution in [3.8, 4) is 11.5 Å². The summed E-state index contributed by atoms with van der Waals surface area (Å²) in [6.45, 7) is 7.20. The van der Waals surface area contributed by atoms with Crippen LogP contribution in [0.1, 0.15) is 48.0 Å². The average molecular weight is 578 g/mol. The van der Waals surface area contributed by atoms with Crippen LogP contribution in [0.5, 0.6) is 11.5 Å². The normalized spacial score (nSPS) is 12.6. The van der Waals surface area contributed by atoms with Crippen molar-refractivity contribution in [3.05, 3.63) is 101 Å². The largest absolute Gasteiger partial charge is 0.493 e. The van der Waals surface area contributed by atoms with Crippen molar-refractivity contribution in [1.29, 1.82) is 0 Å². The number of aromatic nitrogens is 1. The predicted molar refractivity (Wildman–Crippen MR) is 159 cm³/mol. The SMILES string of the molecule is CCOc1cc(C(=O)N[C@@H](Cc2cc(F)cc(F)c2)[C@@H](O)CNCc2cccc(CC)c2)nc2c(OCC)cccc12. The lowest BCUT2D eigenvalue weighted by atomic mass is 10.00. The summed E-state index contributed by atoms with van der Waals surface area (Å²) in [5, 5.41) is 17.9. The highest BCUT2D eigenvalue weighted by molar-refractivity contribution is 5.98. The number of hydrogen-bond donors (Lipinski definition) is 3. The molecule has 4 rings (SSSR count). The number of rotatable bonds is 14. The van der Waals surface area contributed by atoms with Gasteiger partial charge in [-0.05, 0) is 67.6 Å². The Morgan fingerprint density at radius 2 is 1.57 bits per heavy atom. The number of nitrogens with zero attached hydrogens (tertiary/aromatic N) is 1. The van der Waals surface area contributed by atoms with E-state index in [1.54, 1.807) is 12.1 Å². The molecule has 2 atom stereocenters. The maximum atomic E-state index is 14.0. The molecule has 0 aliphatic carbocycles. The molecule has 222 valence electrons. The number of pyridine rings is 1. The number of aliphatic hydroxyl groups excluding tert-OH is 1. The van der Waals surface area contributed by atoms with E-state index in [9.17, 15) is 18.7 Å². The molecule has 0 unspecified atom stereocenters. The summed E-state index contributed by atoms with van der Waals surface area (Å²) < 4.78 is 39.5. The van der Waals surface area contributed by atoms with Crippen molar-refractivity contribution in [3.63, 3.8) is 0 Å². The molecule has 0 saturated heterocycles. The number of fused-ring (bicyclic) bond motifs is 1.